The second-order valence-corrected chi connectivity index (χ2v) is 4.17. The van der Waals surface area contributed by atoms with E-state index in [1.807, 2.05) is 0 Å². The number of alkyl halides is 2. The van der Waals surface area contributed by atoms with Crippen molar-refractivity contribution in [2.75, 3.05) is 11.9 Å². The SMILES string of the molecule is O=C(COc1ccccc1F)Nc1cccc(OC(F)F)c1. The third-order valence-corrected chi connectivity index (χ3v) is 2.54. The van der Waals surface area contributed by atoms with Gasteiger partial charge in [0, 0.05) is 11.8 Å². The fourth-order valence-electron chi connectivity index (χ4n) is 1.65. The normalized spacial score (nSPS) is 10.4. The van der Waals surface area contributed by atoms with E-state index in [9.17, 15) is 18.0 Å². The molecule has 0 radical (unpaired) electrons. The van der Waals surface area contributed by atoms with E-state index in [2.05, 4.69) is 10.1 Å². The fourth-order valence-corrected chi connectivity index (χ4v) is 1.65. The quantitative estimate of drug-likeness (QED) is 0.889. The van der Waals surface area contributed by atoms with Gasteiger partial charge in [-0.25, -0.2) is 4.39 Å². The Labute approximate surface area is 124 Å². The summed E-state index contributed by atoms with van der Waals surface area (Å²) in [6, 6.07) is 11.2. The highest BCUT2D eigenvalue weighted by molar-refractivity contribution is 5.92. The lowest BCUT2D eigenvalue weighted by Gasteiger charge is -2.09. The molecule has 0 heterocycles. The Morgan fingerprint density at radius 3 is 2.64 bits per heavy atom. The largest absolute Gasteiger partial charge is 0.481 e. The Bertz CT molecular complexity index is 649. The van der Waals surface area contributed by atoms with Crippen molar-refractivity contribution >= 4 is 11.6 Å². The standard InChI is InChI=1S/C15H12F3NO3/c16-12-6-1-2-7-13(12)21-9-14(20)19-10-4-3-5-11(8-10)22-15(17)18/h1-8,15H,9H2,(H,19,20). The summed E-state index contributed by atoms with van der Waals surface area (Å²) in [6.07, 6.45) is 0. The van der Waals surface area contributed by atoms with Crippen LogP contribution < -0.4 is 14.8 Å². The second kappa shape index (κ2) is 7.35. The number of ether oxygens (including phenoxy) is 2. The molecule has 2 aromatic carbocycles. The van der Waals surface area contributed by atoms with Crippen LogP contribution in [0.2, 0.25) is 0 Å². The molecule has 0 atom stereocenters. The Balaban J connectivity index is 1.91. The number of para-hydroxylation sites is 1. The van der Waals surface area contributed by atoms with Crippen LogP contribution in [-0.4, -0.2) is 19.1 Å². The zero-order valence-electron chi connectivity index (χ0n) is 11.3. The van der Waals surface area contributed by atoms with Crippen LogP contribution in [0.3, 0.4) is 0 Å². The molecule has 0 unspecified atom stereocenters. The van der Waals surface area contributed by atoms with Crippen LogP contribution in [0.1, 0.15) is 0 Å². The average Bonchev–Trinajstić information content (AvgIpc) is 2.46. The third kappa shape index (κ3) is 4.69. The Morgan fingerprint density at radius 2 is 1.91 bits per heavy atom. The van der Waals surface area contributed by atoms with Crippen LogP contribution in [0.15, 0.2) is 48.5 Å². The van der Waals surface area contributed by atoms with Crippen LogP contribution in [0.5, 0.6) is 11.5 Å². The molecule has 0 aromatic heterocycles. The number of anilines is 1. The van der Waals surface area contributed by atoms with Gasteiger partial charge in [0.05, 0.1) is 0 Å². The molecule has 1 N–H and O–H groups in total. The highest BCUT2D eigenvalue weighted by Gasteiger charge is 2.08. The zero-order chi connectivity index (χ0) is 15.9. The van der Waals surface area contributed by atoms with Gasteiger partial charge in [-0.2, -0.15) is 8.78 Å². The van der Waals surface area contributed by atoms with Gasteiger partial charge in [0.2, 0.25) is 0 Å². The smallest absolute Gasteiger partial charge is 0.387 e. The summed E-state index contributed by atoms with van der Waals surface area (Å²) >= 11 is 0. The molecule has 0 fully saturated rings. The van der Waals surface area contributed by atoms with Crippen molar-refractivity contribution in [3.8, 4) is 11.5 Å². The number of carbonyl (C=O) groups excluding carboxylic acids is 1. The number of hydrogen-bond acceptors (Lipinski definition) is 3. The molecule has 0 aliphatic carbocycles. The summed E-state index contributed by atoms with van der Waals surface area (Å²) < 4.78 is 46.7. The second-order valence-electron chi connectivity index (χ2n) is 4.17. The first kappa shape index (κ1) is 15.7. The molecule has 0 saturated carbocycles. The lowest BCUT2D eigenvalue weighted by Crippen LogP contribution is -2.20. The van der Waals surface area contributed by atoms with E-state index in [0.29, 0.717) is 0 Å². The van der Waals surface area contributed by atoms with Crippen molar-refractivity contribution in [1.82, 2.24) is 0 Å². The van der Waals surface area contributed by atoms with Gasteiger partial charge in [0.1, 0.15) is 5.75 Å². The van der Waals surface area contributed by atoms with Gasteiger partial charge in [-0.15, -0.1) is 0 Å². The monoisotopic (exact) mass is 311 g/mol. The van der Waals surface area contributed by atoms with Crippen molar-refractivity contribution in [2.24, 2.45) is 0 Å². The molecule has 0 bridgehead atoms. The van der Waals surface area contributed by atoms with Gasteiger partial charge >= 0.3 is 6.61 Å². The molecular formula is C15H12F3NO3. The molecule has 4 nitrogen and oxygen atoms in total. The number of rotatable bonds is 6. The van der Waals surface area contributed by atoms with E-state index < -0.39 is 24.9 Å². The number of nitrogens with one attached hydrogen (secondary N) is 1. The Kier molecular flexibility index (Phi) is 5.24. The van der Waals surface area contributed by atoms with Gasteiger partial charge in [-0.3, -0.25) is 4.79 Å². The molecule has 7 heteroatoms. The molecule has 1 amide bonds. The molecule has 116 valence electrons. The van der Waals surface area contributed by atoms with Crippen LogP contribution in [0, 0.1) is 5.82 Å². The summed E-state index contributed by atoms with van der Waals surface area (Å²) in [5, 5.41) is 2.43. The maximum Gasteiger partial charge on any atom is 0.387 e. The van der Waals surface area contributed by atoms with Crippen LogP contribution in [0.4, 0.5) is 18.9 Å². The highest BCUT2D eigenvalue weighted by Crippen LogP contribution is 2.19. The zero-order valence-corrected chi connectivity index (χ0v) is 11.3. The molecule has 0 aliphatic heterocycles. The molecule has 22 heavy (non-hydrogen) atoms. The van der Waals surface area contributed by atoms with E-state index in [0.717, 1.165) is 0 Å². The average molecular weight is 311 g/mol. The molecule has 0 saturated heterocycles. The van der Waals surface area contributed by atoms with Gasteiger partial charge in [0.25, 0.3) is 5.91 Å². The summed E-state index contributed by atoms with van der Waals surface area (Å²) in [6.45, 7) is -3.36. The minimum Gasteiger partial charge on any atom is -0.481 e. The summed E-state index contributed by atoms with van der Waals surface area (Å²) in [5.41, 5.74) is 0.264. The maximum absolute atomic E-state index is 13.3. The Hall–Kier alpha value is -2.70. The van der Waals surface area contributed by atoms with Crippen molar-refractivity contribution in [3.63, 3.8) is 0 Å². The summed E-state index contributed by atoms with van der Waals surface area (Å²) in [7, 11) is 0. The first-order chi connectivity index (χ1) is 10.5. The van der Waals surface area contributed by atoms with Crippen molar-refractivity contribution in [1.29, 1.82) is 0 Å². The topological polar surface area (TPSA) is 47.6 Å². The first-order valence-electron chi connectivity index (χ1n) is 6.26. The van der Waals surface area contributed by atoms with Gasteiger partial charge in [0.15, 0.2) is 18.2 Å². The number of hydrogen-bond donors (Lipinski definition) is 1. The van der Waals surface area contributed by atoms with Gasteiger partial charge < -0.3 is 14.8 Å². The number of amides is 1. The maximum atomic E-state index is 13.3. The minimum absolute atomic E-state index is 0.0487. The van der Waals surface area contributed by atoms with Gasteiger partial charge in [-0.05, 0) is 24.3 Å². The molecule has 0 spiro atoms. The molecule has 2 rings (SSSR count). The van der Waals surface area contributed by atoms with Crippen LogP contribution >= 0.6 is 0 Å². The predicted octanol–water partition coefficient (Wildman–Crippen LogP) is 3.44. The number of halogens is 3. The van der Waals surface area contributed by atoms with Crippen molar-refractivity contribution in [3.05, 3.63) is 54.3 Å². The van der Waals surface area contributed by atoms with Gasteiger partial charge in [-0.1, -0.05) is 18.2 Å². The number of benzene rings is 2. The summed E-state index contributed by atoms with van der Waals surface area (Å²) in [5.74, 6) is -1.27. The van der Waals surface area contributed by atoms with Crippen LogP contribution in [-0.2, 0) is 4.79 Å². The molecule has 2 aromatic rings. The van der Waals surface area contributed by atoms with E-state index in [-0.39, 0.29) is 17.2 Å². The molecule has 0 aliphatic rings. The third-order valence-electron chi connectivity index (χ3n) is 2.54. The summed E-state index contributed by atoms with van der Waals surface area (Å²) in [4.78, 5) is 11.7. The Morgan fingerprint density at radius 1 is 1.14 bits per heavy atom. The fraction of sp³-hybridized carbons (Fsp3) is 0.133. The lowest BCUT2D eigenvalue weighted by molar-refractivity contribution is -0.118. The number of carbonyl (C=O) groups is 1. The van der Waals surface area contributed by atoms with Crippen LogP contribution in [0.25, 0.3) is 0 Å². The lowest BCUT2D eigenvalue weighted by atomic mass is 10.3. The van der Waals surface area contributed by atoms with E-state index in [1.165, 1.54) is 42.5 Å². The van der Waals surface area contributed by atoms with Crippen molar-refractivity contribution < 1.29 is 27.4 Å². The van der Waals surface area contributed by atoms with E-state index >= 15 is 0 Å². The highest BCUT2D eigenvalue weighted by atomic mass is 19.3. The molecular weight excluding hydrogens is 299 g/mol. The van der Waals surface area contributed by atoms with E-state index in [4.69, 9.17) is 4.74 Å². The first-order valence-corrected chi connectivity index (χ1v) is 6.26. The minimum atomic E-state index is -2.95. The predicted molar refractivity (Wildman–Crippen MR) is 73.6 cm³/mol. The van der Waals surface area contributed by atoms with Crippen molar-refractivity contribution in [2.45, 2.75) is 6.61 Å². The van der Waals surface area contributed by atoms with E-state index in [1.54, 1.807) is 6.07 Å².